The highest BCUT2D eigenvalue weighted by atomic mass is 32.2. The van der Waals surface area contributed by atoms with Gasteiger partial charge in [-0.05, 0) is 93.4 Å². The van der Waals surface area contributed by atoms with Crippen molar-refractivity contribution in [3.63, 3.8) is 0 Å². The van der Waals surface area contributed by atoms with Crippen LogP contribution in [0.5, 0.6) is 0 Å². The molecule has 0 unspecified atom stereocenters. The van der Waals surface area contributed by atoms with Crippen molar-refractivity contribution in [2.45, 2.75) is 22.6 Å². The van der Waals surface area contributed by atoms with Crippen LogP contribution in [0.4, 0.5) is 0 Å². The second-order valence-electron chi connectivity index (χ2n) is 7.87. The van der Waals surface area contributed by atoms with E-state index in [9.17, 15) is 0 Å². The molecule has 0 saturated heterocycles. The van der Waals surface area contributed by atoms with Gasteiger partial charge in [-0.2, -0.15) is 0 Å². The molecular formula is C30H28S2. The van der Waals surface area contributed by atoms with Crippen molar-refractivity contribution in [2.75, 3.05) is 12.5 Å². The Morgan fingerprint density at radius 3 is 1.41 bits per heavy atom. The first-order valence-corrected chi connectivity index (χ1v) is 13.2. The van der Waals surface area contributed by atoms with Crippen molar-refractivity contribution in [2.24, 2.45) is 0 Å². The highest BCUT2D eigenvalue weighted by Gasteiger charge is 2.06. The molecule has 0 radical (unpaired) electrons. The minimum atomic E-state index is 0.903. The van der Waals surface area contributed by atoms with Gasteiger partial charge in [0.15, 0.2) is 0 Å². The molecule has 4 rings (SSSR count). The van der Waals surface area contributed by atoms with Crippen molar-refractivity contribution in [1.82, 2.24) is 0 Å². The molecule has 32 heavy (non-hydrogen) atoms. The zero-order valence-corrected chi connectivity index (χ0v) is 20.4. The van der Waals surface area contributed by atoms with Crippen LogP contribution in [-0.4, -0.2) is 12.5 Å². The van der Waals surface area contributed by atoms with E-state index < -0.39 is 0 Å². The van der Waals surface area contributed by atoms with E-state index in [0.29, 0.717) is 0 Å². The Bertz CT molecular complexity index is 1220. The zero-order chi connectivity index (χ0) is 22.5. The second-order valence-corrected chi connectivity index (χ2v) is 9.57. The van der Waals surface area contributed by atoms with Crippen LogP contribution in [-0.2, 0) is 12.8 Å². The van der Waals surface area contributed by atoms with E-state index in [1.54, 1.807) is 23.5 Å². The highest BCUT2D eigenvalue weighted by Crippen LogP contribution is 2.32. The second kappa shape index (κ2) is 10.3. The van der Waals surface area contributed by atoms with Gasteiger partial charge in [0.2, 0.25) is 0 Å². The van der Waals surface area contributed by atoms with Crippen molar-refractivity contribution in [3.05, 3.63) is 108 Å². The molecule has 0 fully saturated rings. The largest absolute Gasteiger partial charge is 0.129 e. The minimum Gasteiger partial charge on any atom is -0.129 e. The third-order valence-corrected chi connectivity index (χ3v) is 7.30. The Kier molecular flexibility index (Phi) is 7.24. The molecule has 0 atom stereocenters. The molecule has 0 aliphatic rings. The van der Waals surface area contributed by atoms with Crippen LogP contribution in [0.1, 0.15) is 22.3 Å². The summed E-state index contributed by atoms with van der Waals surface area (Å²) in [5, 5.41) is 5.12. The lowest BCUT2D eigenvalue weighted by molar-refractivity contribution is 1.29. The first-order valence-electron chi connectivity index (χ1n) is 10.8. The van der Waals surface area contributed by atoms with Crippen LogP contribution in [0, 0.1) is 0 Å². The number of fused-ring (bicyclic) bond motifs is 2. The summed E-state index contributed by atoms with van der Waals surface area (Å²) in [4.78, 5) is 2.59. The van der Waals surface area contributed by atoms with E-state index >= 15 is 0 Å². The molecule has 0 aliphatic heterocycles. The van der Waals surface area contributed by atoms with Gasteiger partial charge in [-0.15, -0.1) is 36.7 Å². The molecule has 0 heterocycles. The van der Waals surface area contributed by atoms with Crippen molar-refractivity contribution in [3.8, 4) is 0 Å². The fraction of sp³-hybridized carbons (Fsp3) is 0.133. The molecule has 4 aromatic carbocycles. The van der Waals surface area contributed by atoms with Crippen LogP contribution in [0.25, 0.3) is 33.7 Å². The molecule has 2 heteroatoms. The molecule has 0 amide bonds. The normalized spacial score (nSPS) is 11.4. The fourth-order valence-electron chi connectivity index (χ4n) is 4.07. The predicted molar refractivity (Wildman–Crippen MR) is 148 cm³/mol. The SMILES string of the molecule is C=CCc1ccc2cc(/C=C/c3cc4ccc(CC=C)cc4cc3SC)c(SC)cc2c1. The van der Waals surface area contributed by atoms with Gasteiger partial charge in [0.1, 0.15) is 0 Å². The summed E-state index contributed by atoms with van der Waals surface area (Å²) >= 11 is 3.60. The molecule has 4 aromatic rings. The summed E-state index contributed by atoms with van der Waals surface area (Å²) in [6.45, 7) is 7.73. The Morgan fingerprint density at radius 1 is 0.594 bits per heavy atom. The van der Waals surface area contributed by atoms with Gasteiger partial charge in [0.05, 0.1) is 0 Å². The lowest BCUT2D eigenvalue weighted by Crippen LogP contribution is -1.87. The molecule has 0 aliphatic carbocycles. The Balaban J connectivity index is 1.73. The minimum absolute atomic E-state index is 0.903. The van der Waals surface area contributed by atoms with Gasteiger partial charge < -0.3 is 0 Å². The molecule has 0 nitrogen and oxygen atoms in total. The van der Waals surface area contributed by atoms with Crippen molar-refractivity contribution < 1.29 is 0 Å². The maximum Gasteiger partial charge on any atom is 0.0148 e. The van der Waals surface area contributed by atoms with Crippen LogP contribution >= 0.6 is 23.5 Å². The third-order valence-electron chi connectivity index (χ3n) is 5.71. The van der Waals surface area contributed by atoms with Crippen LogP contribution in [0.2, 0.25) is 0 Å². The summed E-state index contributed by atoms with van der Waals surface area (Å²) in [5.41, 5.74) is 5.13. The molecule has 0 spiro atoms. The average Bonchev–Trinajstić information content (AvgIpc) is 2.82. The monoisotopic (exact) mass is 452 g/mol. The summed E-state index contributed by atoms with van der Waals surface area (Å²) in [7, 11) is 0. The zero-order valence-electron chi connectivity index (χ0n) is 18.7. The van der Waals surface area contributed by atoms with E-state index in [0.717, 1.165) is 12.8 Å². The van der Waals surface area contributed by atoms with Crippen LogP contribution in [0.3, 0.4) is 0 Å². The maximum atomic E-state index is 3.86. The standard InChI is InChI=1S/C30H28S2/c1-5-7-21-9-11-23-17-25(29(31-3)19-27(23)15-21)13-14-26-18-24-12-10-22(8-6-2)16-28(24)20-30(26)32-4/h5-6,9-20H,1-2,7-8H2,3-4H3/b14-13+. The third kappa shape index (κ3) is 4.87. The molecule has 0 bridgehead atoms. The number of thioether (sulfide) groups is 2. The van der Waals surface area contributed by atoms with Gasteiger partial charge in [-0.25, -0.2) is 0 Å². The maximum absolute atomic E-state index is 3.86. The van der Waals surface area contributed by atoms with E-state index in [-0.39, 0.29) is 0 Å². The molecular weight excluding hydrogens is 424 g/mol. The van der Waals surface area contributed by atoms with E-state index in [1.807, 2.05) is 12.2 Å². The molecule has 0 aromatic heterocycles. The first kappa shape index (κ1) is 22.5. The number of rotatable bonds is 8. The Hall–Kier alpha value is -2.68. The van der Waals surface area contributed by atoms with Crippen molar-refractivity contribution >= 4 is 57.2 Å². The summed E-state index contributed by atoms with van der Waals surface area (Å²) < 4.78 is 0. The molecule has 0 N–H and O–H groups in total. The number of allylic oxidation sites excluding steroid dienone is 2. The summed E-state index contributed by atoms with van der Waals surface area (Å²) in [6.07, 6.45) is 14.5. The summed E-state index contributed by atoms with van der Waals surface area (Å²) in [6, 6.07) is 22.6. The van der Waals surface area contributed by atoms with Gasteiger partial charge in [0.25, 0.3) is 0 Å². The van der Waals surface area contributed by atoms with Crippen molar-refractivity contribution in [1.29, 1.82) is 0 Å². The van der Waals surface area contributed by atoms with Gasteiger partial charge in [-0.1, -0.05) is 60.7 Å². The smallest absolute Gasteiger partial charge is 0.0148 e. The topological polar surface area (TPSA) is 0 Å². The lowest BCUT2D eigenvalue weighted by Gasteiger charge is -2.10. The van der Waals surface area contributed by atoms with E-state index in [2.05, 4.69) is 98.5 Å². The number of hydrogen-bond acceptors (Lipinski definition) is 2. The van der Waals surface area contributed by atoms with Crippen LogP contribution in [0.15, 0.2) is 95.8 Å². The van der Waals surface area contributed by atoms with Gasteiger partial charge in [0, 0.05) is 9.79 Å². The highest BCUT2D eigenvalue weighted by molar-refractivity contribution is 7.99. The molecule has 160 valence electrons. The van der Waals surface area contributed by atoms with Gasteiger partial charge in [-0.3, -0.25) is 0 Å². The van der Waals surface area contributed by atoms with Gasteiger partial charge >= 0.3 is 0 Å². The fourth-order valence-corrected chi connectivity index (χ4v) is 5.28. The van der Waals surface area contributed by atoms with Crippen LogP contribution < -0.4 is 0 Å². The number of benzene rings is 4. The molecule has 0 saturated carbocycles. The Labute approximate surface area is 200 Å². The first-order chi connectivity index (χ1) is 15.6. The predicted octanol–water partition coefficient (Wildman–Crippen LogP) is 9.06. The van der Waals surface area contributed by atoms with E-state index in [4.69, 9.17) is 0 Å². The number of hydrogen-bond donors (Lipinski definition) is 0. The van der Waals surface area contributed by atoms with E-state index in [1.165, 1.54) is 53.6 Å². The quantitative estimate of drug-likeness (QED) is 0.148. The summed E-state index contributed by atoms with van der Waals surface area (Å²) in [5.74, 6) is 0. The lowest BCUT2D eigenvalue weighted by atomic mass is 10.0. The Morgan fingerprint density at radius 2 is 1.03 bits per heavy atom. The average molecular weight is 453 g/mol.